The number of aromatic nitrogens is 1. The Morgan fingerprint density at radius 3 is 2.52 bits per heavy atom. The maximum absolute atomic E-state index is 2.54. The van der Waals surface area contributed by atoms with Crippen LogP contribution in [0.25, 0.3) is 27.8 Å². The van der Waals surface area contributed by atoms with Gasteiger partial charge < -0.3 is 4.57 Å². The SMILES string of the molecule is CC1C=Cc2c(n(C(C)C)c3cc4ccccc4cc23)C1. The molecule has 1 aliphatic carbocycles. The molecule has 0 saturated carbocycles. The van der Waals surface area contributed by atoms with E-state index >= 15 is 0 Å². The topological polar surface area (TPSA) is 4.93 Å². The van der Waals surface area contributed by atoms with Crippen LogP contribution in [0.15, 0.2) is 42.5 Å². The van der Waals surface area contributed by atoms with Crippen molar-refractivity contribution < 1.29 is 0 Å². The first-order chi connectivity index (χ1) is 10.1. The zero-order valence-corrected chi connectivity index (χ0v) is 12.9. The third-order valence-corrected chi connectivity index (χ3v) is 4.64. The molecule has 0 spiro atoms. The third kappa shape index (κ3) is 1.84. The van der Waals surface area contributed by atoms with Gasteiger partial charge in [-0.1, -0.05) is 43.3 Å². The minimum atomic E-state index is 0.496. The van der Waals surface area contributed by atoms with Crippen molar-refractivity contribution in [2.24, 2.45) is 5.92 Å². The van der Waals surface area contributed by atoms with Crippen molar-refractivity contribution in [3.8, 4) is 0 Å². The third-order valence-electron chi connectivity index (χ3n) is 4.64. The number of hydrogen-bond acceptors (Lipinski definition) is 0. The molecular weight excluding hydrogens is 254 g/mol. The van der Waals surface area contributed by atoms with Crippen LogP contribution in [0, 0.1) is 5.92 Å². The summed E-state index contributed by atoms with van der Waals surface area (Å²) in [7, 11) is 0. The second kappa shape index (κ2) is 4.49. The lowest BCUT2D eigenvalue weighted by Gasteiger charge is -2.19. The number of rotatable bonds is 1. The van der Waals surface area contributed by atoms with Gasteiger partial charge in [-0.05, 0) is 49.1 Å². The van der Waals surface area contributed by atoms with Crippen molar-refractivity contribution in [2.75, 3.05) is 0 Å². The van der Waals surface area contributed by atoms with Gasteiger partial charge in [0.1, 0.15) is 0 Å². The highest BCUT2D eigenvalue weighted by atomic mass is 15.0. The predicted molar refractivity (Wildman–Crippen MR) is 91.7 cm³/mol. The minimum Gasteiger partial charge on any atom is -0.341 e. The van der Waals surface area contributed by atoms with Gasteiger partial charge in [0.05, 0.1) is 0 Å². The molecule has 106 valence electrons. The maximum atomic E-state index is 2.54. The second-order valence-corrected chi connectivity index (χ2v) is 6.58. The lowest BCUT2D eigenvalue weighted by Crippen LogP contribution is -2.11. The van der Waals surface area contributed by atoms with E-state index < -0.39 is 0 Å². The van der Waals surface area contributed by atoms with Crippen LogP contribution >= 0.6 is 0 Å². The summed E-state index contributed by atoms with van der Waals surface area (Å²) < 4.78 is 2.54. The fraction of sp³-hybridized carbons (Fsp3) is 0.300. The molecule has 1 atom stereocenters. The molecule has 0 amide bonds. The van der Waals surface area contributed by atoms with Crippen LogP contribution < -0.4 is 0 Å². The van der Waals surface area contributed by atoms with Gasteiger partial charge in [0.15, 0.2) is 0 Å². The lowest BCUT2D eigenvalue weighted by molar-refractivity contribution is 0.567. The predicted octanol–water partition coefficient (Wildman–Crippen LogP) is 5.58. The molecule has 3 aromatic rings. The molecule has 1 heteroatoms. The molecule has 1 unspecified atom stereocenters. The fourth-order valence-electron chi connectivity index (χ4n) is 3.69. The molecule has 1 aromatic heterocycles. The van der Waals surface area contributed by atoms with Crippen molar-refractivity contribution in [2.45, 2.75) is 33.2 Å². The Morgan fingerprint density at radius 2 is 1.81 bits per heavy atom. The highest BCUT2D eigenvalue weighted by Gasteiger charge is 2.21. The quantitative estimate of drug-likeness (QED) is 0.546. The smallest absolute Gasteiger partial charge is 0.0497 e. The van der Waals surface area contributed by atoms with Gasteiger partial charge in [-0.25, -0.2) is 0 Å². The van der Waals surface area contributed by atoms with Gasteiger partial charge >= 0.3 is 0 Å². The Kier molecular flexibility index (Phi) is 2.72. The van der Waals surface area contributed by atoms with E-state index in [1.165, 1.54) is 32.9 Å². The van der Waals surface area contributed by atoms with Crippen molar-refractivity contribution in [3.63, 3.8) is 0 Å². The van der Waals surface area contributed by atoms with E-state index in [1.54, 1.807) is 0 Å². The number of benzene rings is 2. The van der Waals surface area contributed by atoms with Crippen LogP contribution in [0.3, 0.4) is 0 Å². The molecule has 4 rings (SSSR count). The number of fused-ring (bicyclic) bond motifs is 4. The first-order valence-corrected chi connectivity index (χ1v) is 7.89. The van der Waals surface area contributed by atoms with Crippen LogP contribution in [0.4, 0.5) is 0 Å². The second-order valence-electron chi connectivity index (χ2n) is 6.58. The number of nitrogens with zero attached hydrogens (tertiary/aromatic N) is 1. The first kappa shape index (κ1) is 12.7. The number of hydrogen-bond donors (Lipinski definition) is 0. The van der Waals surface area contributed by atoms with E-state index in [2.05, 4.69) is 73.9 Å². The Balaban J connectivity index is 2.15. The van der Waals surface area contributed by atoms with Crippen LogP contribution in [-0.2, 0) is 6.42 Å². The summed E-state index contributed by atoms with van der Waals surface area (Å²) in [4.78, 5) is 0. The molecule has 1 aliphatic rings. The van der Waals surface area contributed by atoms with E-state index in [4.69, 9.17) is 0 Å². The summed E-state index contributed by atoms with van der Waals surface area (Å²) in [5.41, 5.74) is 4.32. The summed E-state index contributed by atoms with van der Waals surface area (Å²) in [6, 6.07) is 13.9. The molecular formula is C20H21N. The molecule has 1 heterocycles. The van der Waals surface area contributed by atoms with E-state index in [9.17, 15) is 0 Å². The van der Waals surface area contributed by atoms with Crippen LogP contribution in [0.1, 0.15) is 38.1 Å². The van der Waals surface area contributed by atoms with Gasteiger partial charge in [-0.15, -0.1) is 0 Å². The molecule has 0 saturated heterocycles. The van der Waals surface area contributed by atoms with Gasteiger partial charge in [-0.3, -0.25) is 0 Å². The molecule has 0 radical (unpaired) electrons. The monoisotopic (exact) mass is 275 g/mol. The summed E-state index contributed by atoms with van der Waals surface area (Å²) in [6.07, 6.45) is 5.83. The van der Waals surface area contributed by atoms with Crippen molar-refractivity contribution in [3.05, 3.63) is 53.7 Å². The van der Waals surface area contributed by atoms with E-state index in [-0.39, 0.29) is 0 Å². The summed E-state index contributed by atoms with van der Waals surface area (Å²) in [5.74, 6) is 0.633. The van der Waals surface area contributed by atoms with E-state index in [0.717, 1.165) is 6.42 Å². The van der Waals surface area contributed by atoms with Crippen molar-refractivity contribution in [1.82, 2.24) is 4.57 Å². The Labute approximate surface area is 125 Å². The molecule has 0 N–H and O–H groups in total. The summed E-state index contributed by atoms with van der Waals surface area (Å²) in [6.45, 7) is 6.88. The Bertz CT molecular complexity index is 864. The summed E-state index contributed by atoms with van der Waals surface area (Å²) in [5, 5.41) is 4.07. The molecule has 0 fully saturated rings. The fourth-order valence-corrected chi connectivity index (χ4v) is 3.69. The Morgan fingerprint density at radius 1 is 1.10 bits per heavy atom. The lowest BCUT2D eigenvalue weighted by atomic mass is 9.94. The summed E-state index contributed by atoms with van der Waals surface area (Å²) >= 11 is 0. The van der Waals surface area contributed by atoms with Crippen molar-refractivity contribution >= 4 is 27.8 Å². The van der Waals surface area contributed by atoms with Crippen molar-refractivity contribution in [1.29, 1.82) is 0 Å². The molecule has 0 bridgehead atoms. The highest BCUT2D eigenvalue weighted by molar-refractivity contribution is 6.02. The standard InChI is InChI=1S/C20H21N/c1-13(2)21-19-10-14(3)8-9-17(19)18-11-15-6-4-5-7-16(15)12-20(18)21/h4-9,11-14H,10H2,1-3H3. The van der Waals surface area contributed by atoms with E-state index in [0.29, 0.717) is 12.0 Å². The normalized spacial score (nSPS) is 17.8. The zero-order chi connectivity index (χ0) is 14.6. The molecule has 1 nitrogen and oxygen atoms in total. The van der Waals surface area contributed by atoms with Gasteiger partial charge in [-0.2, -0.15) is 0 Å². The van der Waals surface area contributed by atoms with E-state index in [1.807, 2.05) is 0 Å². The van der Waals surface area contributed by atoms with Gasteiger partial charge in [0.2, 0.25) is 0 Å². The minimum absolute atomic E-state index is 0.496. The largest absolute Gasteiger partial charge is 0.341 e. The number of allylic oxidation sites excluding steroid dienone is 1. The Hall–Kier alpha value is -2.02. The zero-order valence-electron chi connectivity index (χ0n) is 12.9. The molecule has 0 aliphatic heterocycles. The van der Waals surface area contributed by atoms with Crippen LogP contribution in [0.5, 0.6) is 0 Å². The molecule has 21 heavy (non-hydrogen) atoms. The van der Waals surface area contributed by atoms with Gasteiger partial charge in [0, 0.05) is 28.2 Å². The average molecular weight is 275 g/mol. The first-order valence-electron chi connectivity index (χ1n) is 7.89. The highest BCUT2D eigenvalue weighted by Crippen LogP contribution is 2.37. The molecule has 2 aromatic carbocycles. The van der Waals surface area contributed by atoms with Crippen LogP contribution in [0.2, 0.25) is 0 Å². The van der Waals surface area contributed by atoms with Gasteiger partial charge in [0.25, 0.3) is 0 Å². The van der Waals surface area contributed by atoms with Crippen LogP contribution in [-0.4, -0.2) is 4.57 Å². The maximum Gasteiger partial charge on any atom is 0.0497 e. The average Bonchev–Trinajstić information content (AvgIpc) is 2.77.